The maximum Gasteiger partial charge on any atom is 0.220 e. The van der Waals surface area contributed by atoms with E-state index in [1.54, 1.807) is 31.6 Å². The molecule has 0 atom stereocenters. The summed E-state index contributed by atoms with van der Waals surface area (Å²) in [6.45, 7) is 0. The lowest BCUT2D eigenvalue weighted by Gasteiger charge is -2.05. The quantitative estimate of drug-likeness (QED) is 0.896. The smallest absolute Gasteiger partial charge is 0.220 e. The molecule has 0 saturated heterocycles. The van der Waals surface area contributed by atoms with Crippen LogP contribution in [0, 0.1) is 0 Å². The summed E-state index contributed by atoms with van der Waals surface area (Å²) in [5.74, 6) is 1.61. The van der Waals surface area contributed by atoms with Crippen molar-refractivity contribution in [3.05, 3.63) is 28.2 Å². The minimum atomic E-state index is 0.488. The highest BCUT2D eigenvalue weighted by Crippen LogP contribution is 2.23. The summed E-state index contributed by atoms with van der Waals surface area (Å²) in [5.41, 5.74) is 6.59. The van der Waals surface area contributed by atoms with Crippen LogP contribution in [0.25, 0.3) is 0 Å². The van der Waals surface area contributed by atoms with Crippen LogP contribution in [0.2, 0.25) is 0 Å². The van der Waals surface area contributed by atoms with E-state index in [1.807, 2.05) is 11.4 Å². The molecule has 17 heavy (non-hydrogen) atoms. The van der Waals surface area contributed by atoms with E-state index in [0.717, 1.165) is 10.6 Å². The lowest BCUT2D eigenvalue weighted by Crippen LogP contribution is -2.01. The molecule has 0 bridgehead atoms. The Bertz CT molecular complexity index is 491. The van der Waals surface area contributed by atoms with Crippen LogP contribution in [0.1, 0.15) is 10.7 Å². The Labute approximate surface area is 103 Å². The molecule has 5 nitrogen and oxygen atoms in total. The van der Waals surface area contributed by atoms with Crippen LogP contribution in [0.4, 0.5) is 5.69 Å². The maximum absolute atomic E-state index is 5.82. The maximum atomic E-state index is 5.82. The molecule has 0 unspecified atom stereocenters. The van der Waals surface area contributed by atoms with Crippen molar-refractivity contribution >= 4 is 17.0 Å². The van der Waals surface area contributed by atoms with Crippen LogP contribution < -0.4 is 15.2 Å². The number of nitrogens with two attached hydrogens (primary N) is 1. The average Bonchev–Trinajstić information content (AvgIpc) is 2.74. The number of hydrogen-bond acceptors (Lipinski definition) is 6. The first-order valence-corrected chi connectivity index (χ1v) is 5.88. The highest BCUT2D eigenvalue weighted by molar-refractivity contribution is 7.10. The predicted molar refractivity (Wildman–Crippen MR) is 66.7 cm³/mol. The van der Waals surface area contributed by atoms with Gasteiger partial charge < -0.3 is 15.2 Å². The first-order valence-electron chi connectivity index (χ1n) is 5.00. The lowest BCUT2D eigenvalue weighted by atomic mass is 10.3. The second-order valence-corrected chi connectivity index (χ2v) is 4.35. The summed E-state index contributed by atoms with van der Waals surface area (Å²) in [4.78, 5) is 9.55. The summed E-state index contributed by atoms with van der Waals surface area (Å²) in [6, 6.07) is 3.51. The molecular weight excluding hydrogens is 238 g/mol. The second kappa shape index (κ2) is 5.01. The van der Waals surface area contributed by atoms with E-state index in [1.165, 1.54) is 0 Å². The van der Waals surface area contributed by atoms with E-state index in [4.69, 9.17) is 15.2 Å². The van der Waals surface area contributed by atoms with Crippen LogP contribution in [0.15, 0.2) is 17.5 Å². The van der Waals surface area contributed by atoms with Gasteiger partial charge in [-0.25, -0.2) is 0 Å². The third kappa shape index (κ3) is 2.65. The van der Waals surface area contributed by atoms with Crippen LogP contribution in [-0.4, -0.2) is 24.2 Å². The van der Waals surface area contributed by atoms with Crippen molar-refractivity contribution in [2.24, 2.45) is 0 Å². The number of methoxy groups -OCH3 is 2. The van der Waals surface area contributed by atoms with E-state index in [2.05, 4.69) is 9.97 Å². The molecule has 0 saturated carbocycles. The van der Waals surface area contributed by atoms with Gasteiger partial charge in [0, 0.05) is 17.0 Å². The zero-order valence-corrected chi connectivity index (χ0v) is 10.5. The molecule has 0 amide bonds. The Morgan fingerprint density at radius 1 is 1.24 bits per heavy atom. The number of hydrogen-bond donors (Lipinski definition) is 1. The van der Waals surface area contributed by atoms with Crippen LogP contribution in [0.5, 0.6) is 11.8 Å². The van der Waals surface area contributed by atoms with Gasteiger partial charge in [0.2, 0.25) is 11.8 Å². The van der Waals surface area contributed by atoms with E-state index < -0.39 is 0 Å². The van der Waals surface area contributed by atoms with Crippen molar-refractivity contribution in [1.29, 1.82) is 0 Å². The molecule has 2 aromatic rings. The second-order valence-electron chi connectivity index (χ2n) is 3.34. The van der Waals surface area contributed by atoms with Crippen molar-refractivity contribution in [2.75, 3.05) is 20.0 Å². The summed E-state index contributed by atoms with van der Waals surface area (Å²) >= 11 is 1.58. The number of nitrogen functional groups attached to an aromatic ring is 1. The fourth-order valence-electron chi connectivity index (χ4n) is 1.38. The zero-order chi connectivity index (χ0) is 12.3. The Morgan fingerprint density at radius 3 is 2.35 bits per heavy atom. The number of thiophene rings is 1. The molecule has 2 N–H and O–H groups in total. The number of ether oxygens (including phenoxy) is 2. The minimum absolute atomic E-state index is 0.488. The standard InChI is InChI=1S/C11H13N3O2S/c1-15-10-6-11(16-2)14-9(13-10)5-8-7(12)3-4-17-8/h3-4,6H,5,12H2,1-2H3. The summed E-state index contributed by atoms with van der Waals surface area (Å²) in [5, 5.41) is 1.95. The van der Waals surface area contributed by atoms with Gasteiger partial charge in [0.1, 0.15) is 5.82 Å². The van der Waals surface area contributed by atoms with E-state index in [-0.39, 0.29) is 0 Å². The number of rotatable bonds is 4. The molecule has 2 rings (SSSR count). The normalized spacial score (nSPS) is 10.2. The van der Waals surface area contributed by atoms with Gasteiger partial charge in [-0.2, -0.15) is 9.97 Å². The SMILES string of the molecule is COc1cc(OC)nc(Cc2sccc2N)n1. The Balaban J connectivity index is 2.29. The Hall–Kier alpha value is -1.82. The number of anilines is 1. The molecule has 0 fully saturated rings. The van der Waals surface area contributed by atoms with Crippen LogP contribution in [0.3, 0.4) is 0 Å². The molecule has 2 aromatic heterocycles. The van der Waals surface area contributed by atoms with E-state index in [0.29, 0.717) is 24.0 Å². The highest BCUT2D eigenvalue weighted by atomic mass is 32.1. The molecular formula is C11H13N3O2S. The van der Waals surface area contributed by atoms with Gasteiger partial charge in [-0.05, 0) is 11.4 Å². The average molecular weight is 251 g/mol. The minimum Gasteiger partial charge on any atom is -0.481 e. The van der Waals surface area contributed by atoms with Gasteiger partial charge >= 0.3 is 0 Å². The van der Waals surface area contributed by atoms with Gasteiger partial charge in [0.25, 0.3) is 0 Å². The lowest BCUT2D eigenvalue weighted by molar-refractivity contribution is 0.369. The fraction of sp³-hybridized carbons (Fsp3) is 0.273. The van der Waals surface area contributed by atoms with Crippen molar-refractivity contribution in [1.82, 2.24) is 9.97 Å². The first kappa shape index (κ1) is 11.7. The third-order valence-corrected chi connectivity index (χ3v) is 3.18. The molecule has 0 aromatic carbocycles. The molecule has 0 aliphatic carbocycles. The fourth-order valence-corrected chi connectivity index (χ4v) is 2.17. The number of aromatic nitrogens is 2. The zero-order valence-electron chi connectivity index (χ0n) is 9.64. The number of nitrogens with zero attached hydrogens (tertiary/aromatic N) is 2. The molecule has 0 radical (unpaired) electrons. The van der Waals surface area contributed by atoms with Crippen LogP contribution >= 0.6 is 11.3 Å². The van der Waals surface area contributed by atoms with Gasteiger partial charge in [0.05, 0.1) is 20.3 Å². The largest absolute Gasteiger partial charge is 0.481 e. The van der Waals surface area contributed by atoms with Gasteiger partial charge in [-0.15, -0.1) is 11.3 Å². The topological polar surface area (TPSA) is 70.3 Å². The van der Waals surface area contributed by atoms with Gasteiger partial charge in [0.15, 0.2) is 0 Å². The predicted octanol–water partition coefficient (Wildman–Crippen LogP) is 1.73. The Morgan fingerprint density at radius 2 is 1.88 bits per heavy atom. The molecule has 0 aliphatic heterocycles. The van der Waals surface area contributed by atoms with Crippen molar-refractivity contribution in [2.45, 2.75) is 6.42 Å². The van der Waals surface area contributed by atoms with Crippen molar-refractivity contribution in [3.63, 3.8) is 0 Å². The molecule has 0 spiro atoms. The summed E-state index contributed by atoms with van der Waals surface area (Å²) < 4.78 is 10.2. The van der Waals surface area contributed by atoms with Crippen molar-refractivity contribution in [3.8, 4) is 11.8 Å². The third-order valence-electron chi connectivity index (χ3n) is 2.24. The highest BCUT2D eigenvalue weighted by Gasteiger charge is 2.09. The van der Waals surface area contributed by atoms with Crippen molar-refractivity contribution < 1.29 is 9.47 Å². The first-order chi connectivity index (χ1) is 8.22. The summed E-state index contributed by atoms with van der Waals surface area (Å²) in [6.07, 6.45) is 0.580. The molecule has 6 heteroatoms. The van der Waals surface area contributed by atoms with Gasteiger partial charge in [-0.1, -0.05) is 0 Å². The molecule has 90 valence electrons. The van der Waals surface area contributed by atoms with Crippen LogP contribution in [-0.2, 0) is 6.42 Å². The molecule has 0 aliphatic rings. The molecule has 2 heterocycles. The van der Waals surface area contributed by atoms with E-state index >= 15 is 0 Å². The Kier molecular flexibility index (Phi) is 3.43. The monoisotopic (exact) mass is 251 g/mol. The van der Waals surface area contributed by atoms with Gasteiger partial charge in [-0.3, -0.25) is 0 Å². The summed E-state index contributed by atoms with van der Waals surface area (Å²) in [7, 11) is 3.12. The van der Waals surface area contributed by atoms with E-state index in [9.17, 15) is 0 Å².